The van der Waals surface area contributed by atoms with Crippen LogP contribution >= 0.6 is 12.2 Å². The van der Waals surface area contributed by atoms with Gasteiger partial charge in [-0.2, -0.15) is 5.10 Å². The number of nitrogens with zero attached hydrogens (tertiary/aromatic N) is 4. The third kappa shape index (κ3) is 3.34. The first kappa shape index (κ1) is 15.3. The van der Waals surface area contributed by atoms with Crippen LogP contribution < -0.4 is 0 Å². The second-order valence-electron chi connectivity index (χ2n) is 5.49. The molecular formula is C19H15N5S. The van der Waals surface area contributed by atoms with E-state index in [1.54, 1.807) is 23.4 Å². The van der Waals surface area contributed by atoms with Crippen LogP contribution in [0.25, 0.3) is 16.9 Å². The van der Waals surface area contributed by atoms with Crippen molar-refractivity contribution < 1.29 is 0 Å². The first-order valence-electron chi connectivity index (χ1n) is 7.79. The van der Waals surface area contributed by atoms with Crippen molar-refractivity contribution in [3.05, 3.63) is 89.8 Å². The average Bonchev–Trinajstić information content (AvgIpc) is 3.31. The largest absolute Gasteiger partial charge is 0.329 e. The van der Waals surface area contributed by atoms with Crippen molar-refractivity contribution in [2.24, 2.45) is 5.10 Å². The third-order valence-electron chi connectivity index (χ3n) is 3.81. The van der Waals surface area contributed by atoms with Gasteiger partial charge in [0.2, 0.25) is 0 Å². The molecule has 0 amide bonds. The monoisotopic (exact) mass is 345 g/mol. The van der Waals surface area contributed by atoms with Crippen molar-refractivity contribution in [3.63, 3.8) is 0 Å². The summed E-state index contributed by atoms with van der Waals surface area (Å²) in [6.07, 6.45) is 9.12. The Labute approximate surface area is 149 Å². The molecule has 0 bridgehead atoms. The minimum absolute atomic E-state index is 0.560. The molecule has 25 heavy (non-hydrogen) atoms. The van der Waals surface area contributed by atoms with Gasteiger partial charge in [-0.15, -0.1) is 0 Å². The Morgan fingerprint density at radius 2 is 1.84 bits per heavy atom. The molecule has 2 aromatic heterocycles. The van der Waals surface area contributed by atoms with Crippen LogP contribution in [0.5, 0.6) is 0 Å². The number of benzene rings is 2. The van der Waals surface area contributed by atoms with Gasteiger partial charge < -0.3 is 9.55 Å². The van der Waals surface area contributed by atoms with Gasteiger partial charge in [-0.05, 0) is 35.5 Å². The van der Waals surface area contributed by atoms with Gasteiger partial charge in [-0.1, -0.05) is 42.5 Å². The average molecular weight is 345 g/mol. The fraction of sp³-hybridized carbons (Fsp3) is 0. The molecular weight excluding hydrogens is 330 g/mol. The number of nitrogens with one attached hydrogen (secondary N) is 1. The quantitative estimate of drug-likeness (QED) is 0.443. The molecule has 0 unspecified atom stereocenters. The van der Waals surface area contributed by atoms with Crippen LogP contribution in [0.2, 0.25) is 0 Å². The summed E-state index contributed by atoms with van der Waals surface area (Å²) in [5.74, 6) is 0. The highest BCUT2D eigenvalue weighted by molar-refractivity contribution is 7.71. The van der Waals surface area contributed by atoms with Crippen molar-refractivity contribution in [2.45, 2.75) is 0 Å². The third-order valence-corrected chi connectivity index (χ3v) is 4.10. The number of aromatic amines is 1. The summed E-state index contributed by atoms with van der Waals surface area (Å²) < 4.78 is 4.18. The zero-order chi connectivity index (χ0) is 17.1. The Kier molecular flexibility index (Phi) is 4.10. The molecule has 2 aromatic carbocycles. The first-order chi connectivity index (χ1) is 12.3. The van der Waals surface area contributed by atoms with Crippen LogP contribution in [0.4, 0.5) is 0 Å². The van der Waals surface area contributed by atoms with Crippen LogP contribution in [0.3, 0.4) is 0 Å². The number of imidazole rings is 2. The van der Waals surface area contributed by atoms with Gasteiger partial charge in [-0.3, -0.25) is 0 Å². The maximum Gasteiger partial charge on any atom is 0.198 e. The Morgan fingerprint density at radius 3 is 2.56 bits per heavy atom. The molecule has 4 aromatic rings. The fourth-order valence-electron chi connectivity index (χ4n) is 2.51. The van der Waals surface area contributed by atoms with Crippen molar-refractivity contribution in [3.8, 4) is 16.9 Å². The van der Waals surface area contributed by atoms with Gasteiger partial charge in [-0.25, -0.2) is 9.66 Å². The molecule has 0 aliphatic carbocycles. The molecule has 6 heteroatoms. The molecule has 0 saturated heterocycles. The molecule has 0 radical (unpaired) electrons. The van der Waals surface area contributed by atoms with E-state index in [1.807, 2.05) is 71.6 Å². The summed E-state index contributed by atoms with van der Waals surface area (Å²) in [7, 11) is 0. The highest BCUT2D eigenvalue weighted by Crippen LogP contribution is 2.16. The Balaban J connectivity index is 1.56. The Hall–Kier alpha value is -3.25. The fourth-order valence-corrected chi connectivity index (χ4v) is 2.72. The van der Waals surface area contributed by atoms with E-state index in [0.29, 0.717) is 4.77 Å². The predicted molar refractivity (Wildman–Crippen MR) is 102 cm³/mol. The number of H-pyrrole nitrogens is 1. The van der Waals surface area contributed by atoms with Crippen LogP contribution in [0.1, 0.15) is 5.56 Å². The maximum absolute atomic E-state index is 5.35. The molecule has 1 N–H and O–H groups in total. The van der Waals surface area contributed by atoms with E-state index in [1.165, 1.54) is 0 Å². The van der Waals surface area contributed by atoms with Gasteiger partial charge in [0.25, 0.3) is 0 Å². The number of hydrogen-bond acceptors (Lipinski definition) is 3. The van der Waals surface area contributed by atoms with Crippen LogP contribution in [0.15, 0.2) is 84.6 Å². The second-order valence-corrected chi connectivity index (χ2v) is 5.88. The number of rotatable bonds is 4. The normalized spacial score (nSPS) is 11.2. The molecule has 0 spiro atoms. The Morgan fingerprint density at radius 1 is 1.04 bits per heavy atom. The van der Waals surface area contributed by atoms with Crippen molar-refractivity contribution in [1.82, 2.24) is 19.2 Å². The lowest BCUT2D eigenvalue weighted by Crippen LogP contribution is -1.92. The van der Waals surface area contributed by atoms with E-state index in [4.69, 9.17) is 12.2 Å². The molecule has 0 fully saturated rings. The highest BCUT2D eigenvalue weighted by atomic mass is 32.1. The van der Waals surface area contributed by atoms with Crippen LogP contribution in [-0.2, 0) is 0 Å². The lowest BCUT2D eigenvalue weighted by atomic mass is 10.2. The van der Waals surface area contributed by atoms with Crippen molar-refractivity contribution in [1.29, 1.82) is 0 Å². The van der Waals surface area contributed by atoms with E-state index < -0.39 is 0 Å². The zero-order valence-electron chi connectivity index (χ0n) is 13.3. The van der Waals surface area contributed by atoms with E-state index in [0.717, 1.165) is 22.5 Å². The maximum atomic E-state index is 5.35. The lowest BCUT2D eigenvalue weighted by molar-refractivity contribution is 0.864. The molecule has 122 valence electrons. The summed E-state index contributed by atoms with van der Waals surface area (Å²) >= 11 is 5.35. The second kappa shape index (κ2) is 6.70. The van der Waals surface area contributed by atoms with Gasteiger partial charge in [0.05, 0.1) is 24.4 Å². The molecule has 4 rings (SSSR count). The minimum atomic E-state index is 0.560. The van der Waals surface area contributed by atoms with E-state index in [2.05, 4.69) is 15.1 Å². The van der Waals surface area contributed by atoms with E-state index in [9.17, 15) is 0 Å². The smallest absolute Gasteiger partial charge is 0.198 e. The standard InChI is InChI=1S/C19H15N5S/c25-19-22-18(16-4-2-1-3-5-16)13-24(19)21-12-15-6-8-17(9-7-15)23-11-10-20-14-23/h1-14H,(H,22,25). The molecule has 0 saturated carbocycles. The number of hydrogen-bond donors (Lipinski definition) is 1. The van der Waals surface area contributed by atoms with Crippen molar-refractivity contribution in [2.75, 3.05) is 0 Å². The van der Waals surface area contributed by atoms with Gasteiger partial charge in [0, 0.05) is 18.1 Å². The van der Waals surface area contributed by atoms with Crippen LogP contribution in [0, 0.1) is 4.77 Å². The van der Waals surface area contributed by atoms with E-state index >= 15 is 0 Å². The SMILES string of the molecule is S=c1[nH]c(-c2ccccc2)cn1N=Cc1ccc(-n2ccnc2)cc1. The first-order valence-corrected chi connectivity index (χ1v) is 8.20. The predicted octanol–water partition coefficient (Wildman–Crippen LogP) is 4.28. The summed E-state index contributed by atoms with van der Waals surface area (Å²) in [6, 6.07) is 18.1. The molecule has 0 atom stereocenters. The zero-order valence-corrected chi connectivity index (χ0v) is 14.1. The summed E-state index contributed by atoms with van der Waals surface area (Å²) in [5.41, 5.74) is 4.07. The lowest BCUT2D eigenvalue weighted by Gasteiger charge is -2.01. The Bertz CT molecular complexity index is 1040. The van der Waals surface area contributed by atoms with Crippen molar-refractivity contribution >= 4 is 18.4 Å². The summed E-state index contributed by atoms with van der Waals surface area (Å²) in [5, 5.41) is 4.45. The van der Waals surface area contributed by atoms with Gasteiger partial charge in [0.15, 0.2) is 4.77 Å². The van der Waals surface area contributed by atoms with E-state index in [-0.39, 0.29) is 0 Å². The highest BCUT2D eigenvalue weighted by Gasteiger charge is 2.01. The van der Waals surface area contributed by atoms with Gasteiger partial charge >= 0.3 is 0 Å². The molecule has 5 nitrogen and oxygen atoms in total. The molecule has 0 aliphatic rings. The van der Waals surface area contributed by atoms with Gasteiger partial charge in [0.1, 0.15) is 0 Å². The topological polar surface area (TPSA) is 50.9 Å². The summed E-state index contributed by atoms with van der Waals surface area (Å²) in [4.78, 5) is 7.23. The molecule has 2 heterocycles. The molecule has 0 aliphatic heterocycles. The summed E-state index contributed by atoms with van der Waals surface area (Å²) in [6.45, 7) is 0. The number of aromatic nitrogens is 4. The van der Waals surface area contributed by atoms with Crippen LogP contribution in [-0.4, -0.2) is 25.4 Å². The minimum Gasteiger partial charge on any atom is -0.329 e.